The summed E-state index contributed by atoms with van der Waals surface area (Å²) in [7, 11) is 0. The third-order valence-corrected chi connectivity index (χ3v) is 1.38. The maximum absolute atomic E-state index is 11.6. The van der Waals surface area contributed by atoms with E-state index in [0.717, 1.165) is 6.08 Å². The highest BCUT2D eigenvalue weighted by molar-refractivity contribution is 7.80. The minimum atomic E-state index is -4.64. The molecule has 0 amide bonds. The lowest BCUT2D eigenvalue weighted by Crippen LogP contribution is -2.13. The van der Waals surface area contributed by atoms with Gasteiger partial charge < -0.3 is 4.74 Å². The first-order chi connectivity index (χ1) is 5.47. The van der Waals surface area contributed by atoms with Crippen LogP contribution in [0, 0.1) is 6.08 Å². The fourth-order valence-electron chi connectivity index (χ4n) is 0.668. The Labute approximate surface area is 72.5 Å². The van der Waals surface area contributed by atoms with E-state index in [4.69, 9.17) is 0 Å². The molecule has 0 bridgehead atoms. The normalized spacial score (nSPS) is 17.6. The van der Waals surface area contributed by atoms with E-state index in [1.165, 1.54) is 6.08 Å². The van der Waals surface area contributed by atoms with Crippen LogP contribution in [-0.4, -0.2) is 11.2 Å². The SMILES string of the molecule is FC(F)(F)OC1=CCC(=S)[C]=C1. The fourth-order valence-corrected chi connectivity index (χ4v) is 0.810. The van der Waals surface area contributed by atoms with Crippen LogP contribution in [0.1, 0.15) is 6.42 Å². The van der Waals surface area contributed by atoms with Crippen molar-refractivity contribution in [2.75, 3.05) is 0 Å². The van der Waals surface area contributed by atoms with E-state index in [9.17, 15) is 13.2 Å². The molecule has 65 valence electrons. The zero-order valence-electron chi connectivity index (χ0n) is 5.81. The zero-order chi connectivity index (χ0) is 9.19. The molecule has 0 saturated heterocycles. The molecule has 0 aromatic rings. The first kappa shape index (κ1) is 9.25. The number of alkyl halides is 3. The van der Waals surface area contributed by atoms with Gasteiger partial charge in [0, 0.05) is 17.4 Å². The van der Waals surface area contributed by atoms with Crippen LogP contribution in [-0.2, 0) is 4.74 Å². The molecule has 1 aliphatic rings. The Hall–Kier alpha value is -0.840. The summed E-state index contributed by atoms with van der Waals surface area (Å²) in [6.07, 6.45) is 0.460. The average Bonchev–Trinajstić information content (AvgIpc) is 1.91. The second-order valence-corrected chi connectivity index (χ2v) is 2.56. The standard InChI is InChI=1S/C7H4F3OS/c8-7(9,10)11-5-1-3-6(12)4-2-5/h1-2H,3H2. The lowest BCUT2D eigenvalue weighted by atomic mass is 10.2. The van der Waals surface area contributed by atoms with Gasteiger partial charge in [-0.15, -0.1) is 13.2 Å². The molecule has 0 saturated carbocycles. The maximum Gasteiger partial charge on any atom is 0.573 e. The number of hydrogen-bond donors (Lipinski definition) is 0. The molecule has 0 fully saturated rings. The molecule has 0 atom stereocenters. The van der Waals surface area contributed by atoms with Crippen molar-refractivity contribution in [3.63, 3.8) is 0 Å². The van der Waals surface area contributed by atoms with Crippen molar-refractivity contribution in [1.29, 1.82) is 0 Å². The Morgan fingerprint density at radius 2 is 2.17 bits per heavy atom. The van der Waals surface area contributed by atoms with Crippen molar-refractivity contribution in [3.05, 3.63) is 24.0 Å². The van der Waals surface area contributed by atoms with Crippen molar-refractivity contribution in [2.45, 2.75) is 12.8 Å². The highest BCUT2D eigenvalue weighted by Gasteiger charge is 2.31. The maximum atomic E-state index is 11.6. The summed E-state index contributed by atoms with van der Waals surface area (Å²) in [6, 6.07) is 0. The van der Waals surface area contributed by atoms with Crippen molar-refractivity contribution in [2.24, 2.45) is 0 Å². The quantitative estimate of drug-likeness (QED) is 0.592. The minimum absolute atomic E-state index is 0.254. The van der Waals surface area contributed by atoms with E-state index in [2.05, 4.69) is 23.0 Å². The molecular formula is C7H4F3OS. The minimum Gasteiger partial charge on any atom is -0.406 e. The number of ether oxygens (including phenoxy) is 1. The molecule has 0 aromatic carbocycles. The summed E-state index contributed by atoms with van der Waals surface area (Å²) >= 11 is 4.68. The number of halogens is 3. The molecule has 0 aliphatic heterocycles. The zero-order valence-corrected chi connectivity index (χ0v) is 6.63. The molecule has 0 aromatic heterocycles. The van der Waals surface area contributed by atoms with Gasteiger partial charge in [0.05, 0.1) is 0 Å². The van der Waals surface area contributed by atoms with Crippen LogP contribution in [0.25, 0.3) is 0 Å². The topological polar surface area (TPSA) is 9.23 Å². The van der Waals surface area contributed by atoms with Gasteiger partial charge in [-0.3, -0.25) is 0 Å². The molecule has 0 N–H and O–H groups in total. The van der Waals surface area contributed by atoms with E-state index in [0.29, 0.717) is 4.86 Å². The molecule has 0 unspecified atom stereocenters. The van der Waals surface area contributed by atoms with Crippen LogP contribution >= 0.6 is 12.2 Å². The van der Waals surface area contributed by atoms with Gasteiger partial charge in [0.2, 0.25) is 0 Å². The third kappa shape index (κ3) is 3.04. The largest absolute Gasteiger partial charge is 0.573 e. The fraction of sp³-hybridized carbons (Fsp3) is 0.286. The third-order valence-electron chi connectivity index (χ3n) is 1.10. The Bertz CT molecular complexity index is 252. The van der Waals surface area contributed by atoms with Crippen molar-refractivity contribution < 1.29 is 17.9 Å². The van der Waals surface area contributed by atoms with Crippen LogP contribution < -0.4 is 0 Å². The smallest absolute Gasteiger partial charge is 0.406 e. The molecule has 0 spiro atoms. The van der Waals surface area contributed by atoms with Gasteiger partial charge in [-0.25, -0.2) is 0 Å². The van der Waals surface area contributed by atoms with E-state index in [-0.39, 0.29) is 12.2 Å². The first-order valence-corrected chi connectivity index (χ1v) is 3.47. The van der Waals surface area contributed by atoms with Gasteiger partial charge in [0.25, 0.3) is 0 Å². The van der Waals surface area contributed by atoms with Crippen LogP contribution in [0.4, 0.5) is 13.2 Å². The van der Waals surface area contributed by atoms with Crippen LogP contribution in [0.5, 0.6) is 0 Å². The van der Waals surface area contributed by atoms with E-state index in [1.54, 1.807) is 0 Å². The molecular weight excluding hydrogens is 189 g/mol. The molecule has 1 radical (unpaired) electrons. The van der Waals surface area contributed by atoms with Gasteiger partial charge in [-0.05, 0) is 12.2 Å². The lowest BCUT2D eigenvalue weighted by Gasteiger charge is -2.11. The lowest BCUT2D eigenvalue weighted by molar-refractivity contribution is -0.303. The van der Waals surface area contributed by atoms with Crippen LogP contribution in [0.15, 0.2) is 17.9 Å². The predicted octanol–water partition coefficient (Wildman–Crippen LogP) is 2.54. The van der Waals surface area contributed by atoms with E-state index in [1.807, 2.05) is 0 Å². The van der Waals surface area contributed by atoms with Gasteiger partial charge >= 0.3 is 6.36 Å². The Morgan fingerprint density at radius 3 is 2.58 bits per heavy atom. The van der Waals surface area contributed by atoms with Crippen molar-refractivity contribution in [3.8, 4) is 0 Å². The molecule has 12 heavy (non-hydrogen) atoms. The Balaban J connectivity index is 2.57. The summed E-state index contributed by atoms with van der Waals surface area (Å²) in [5.74, 6) is -0.254. The monoisotopic (exact) mass is 193 g/mol. The summed E-state index contributed by atoms with van der Waals surface area (Å²) in [4.78, 5) is 0.476. The molecule has 0 heterocycles. The van der Waals surface area contributed by atoms with Crippen molar-refractivity contribution in [1.82, 2.24) is 0 Å². The van der Waals surface area contributed by atoms with Crippen LogP contribution in [0.3, 0.4) is 0 Å². The van der Waals surface area contributed by atoms with Crippen LogP contribution in [0.2, 0.25) is 0 Å². The summed E-state index contributed by atoms with van der Waals surface area (Å²) in [6.45, 7) is 0. The van der Waals surface area contributed by atoms with Gasteiger partial charge in [0.1, 0.15) is 5.76 Å². The van der Waals surface area contributed by atoms with Gasteiger partial charge in [0.15, 0.2) is 0 Å². The Kier molecular flexibility index (Phi) is 2.52. The van der Waals surface area contributed by atoms with E-state index >= 15 is 0 Å². The number of rotatable bonds is 1. The Morgan fingerprint density at radius 1 is 1.50 bits per heavy atom. The molecule has 5 heteroatoms. The summed E-state index contributed by atoms with van der Waals surface area (Å²) in [5, 5.41) is 0. The molecule has 1 aliphatic carbocycles. The molecule has 1 rings (SSSR count). The number of allylic oxidation sites excluding steroid dienone is 3. The van der Waals surface area contributed by atoms with E-state index < -0.39 is 6.36 Å². The molecule has 1 nitrogen and oxygen atoms in total. The second kappa shape index (κ2) is 3.26. The summed E-state index contributed by atoms with van der Waals surface area (Å²) < 4.78 is 38.4. The van der Waals surface area contributed by atoms with Crippen molar-refractivity contribution >= 4 is 17.1 Å². The second-order valence-electron chi connectivity index (χ2n) is 2.07. The van der Waals surface area contributed by atoms with Gasteiger partial charge in [-0.2, -0.15) is 0 Å². The summed E-state index contributed by atoms with van der Waals surface area (Å²) in [5.41, 5.74) is 0. The highest BCUT2D eigenvalue weighted by atomic mass is 32.1. The first-order valence-electron chi connectivity index (χ1n) is 3.06. The van der Waals surface area contributed by atoms with Gasteiger partial charge in [-0.1, -0.05) is 12.2 Å². The predicted molar refractivity (Wildman–Crippen MR) is 40.3 cm³/mol. The highest BCUT2D eigenvalue weighted by Crippen LogP contribution is 2.22. The number of hydrogen-bond acceptors (Lipinski definition) is 2. The average molecular weight is 193 g/mol. The number of thiocarbonyl (C=S) groups is 1.